The van der Waals surface area contributed by atoms with E-state index in [-0.39, 0.29) is 17.5 Å². The number of carbonyl (C=O) groups excluding carboxylic acids is 1. The largest absolute Gasteiger partial charge is 0.464 e. The first kappa shape index (κ1) is 26.1. The van der Waals surface area contributed by atoms with Crippen LogP contribution >= 0.6 is 0 Å². The summed E-state index contributed by atoms with van der Waals surface area (Å²) in [6, 6.07) is 27.3. The van der Waals surface area contributed by atoms with E-state index in [0.717, 1.165) is 38.5 Å². The number of rotatable bonds is 7. The van der Waals surface area contributed by atoms with Crippen LogP contribution in [-0.4, -0.2) is 25.5 Å². The molecule has 4 aromatic carbocycles. The lowest BCUT2D eigenvalue weighted by Crippen LogP contribution is -2.12. The predicted octanol–water partition coefficient (Wildman–Crippen LogP) is 6.86. The average Bonchev–Trinajstić information content (AvgIpc) is 3.72. The quantitative estimate of drug-likeness (QED) is 0.217. The molecule has 0 radical (unpaired) electrons. The van der Waals surface area contributed by atoms with Crippen molar-refractivity contribution in [1.82, 2.24) is 19.6 Å². The van der Waals surface area contributed by atoms with Gasteiger partial charge >= 0.3 is 0 Å². The van der Waals surface area contributed by atoms with Gasteiger partial charge in [-0.25, -0.2) is 8.78 Å². The van der Waals surface area contributed by atoms with E-state index in [1.165, 1.54) is 30.5 Å². The number of halogens is 2. The number of anilines is 2. The maximum Gasteiger partial charge on any atom is 0.260 e. The lowest BCUT2D eigenvalue weighted by Gasteiger charge is -2.05. The van der Waals surface area contributed by atoms with Gasteiger partial charge in [-0.15, -0.1) is 0 Å². The number of para-hydroxylation sites is 1. The molecule has 0 aliphatic rings. The molecule has 0 atom stereocenters. The van der Waals surface area contributed by atoms with Crippen LogP contribution in [0.4, 0.5) is 20.4 Å². The van der Waals surface area contributed by atoms with Gasteiger partial charge in [-0.2, -0.15) is 10.2 Å². The average molecular weight is 575 g/mol. The van der Waals surface area contributed by atoms with Crippen molar-refractivity contribution >= 4 is 39.3 Å². The normalized spacial score (nSPS) is 11.4. The Hall–Kier alpha value is -5.77. The van der Waals surface area contributed by atoms with Crippen molar-refractivity contribution in [3.05, 3.63) is 132 Å². The molecular weight excluding hydrogens is 550 g/mol. The van der Waals surface area contributed by atoms with E-state index < -0.39 is 0 Å². The number of carbonyl (C=O) groups is 1. The summed E-state index contributed by atoms with van der Waals surface area (Å²) in [5.74, 6) is 0.299. The minimum absolute atomic E-state index is 0.304. The fourth-order valence-corrected chi connectivity index (χ4v) is 5.13. The van der Waals surface area contributed by atoms with Crippen molar-refractivity contribution < 1.29 is 18.0 Å². The van der Waals surface area contributed by atoms with Crippen molar-refractivity contribution in [2.45, 2.75) is 13.1 Å². The van der Waals surface area contributed by atoms with Crippen LogP contribution in [0.5, 0.6) is 0 Å². The summed E-state index contributed by atoms with van der Waals surface area (Å²) in [4.78, 5) is 13.3. The minimum atomic E-state index is -0.376. The molecule has 8 nitrogen and oxygen atoms in total. The van der Waals surface area contributed by atoms with Crippen molar-refractivity contribution in [2.75, 3.05) is 11.1 Å². The maximum atomic E-state index is 13.4. The number of fused-ring (bicyclic) bond motifs is 2. The summed E-state index contributed by atoms with van der Waals surface area (Å²) in [5.41, 5.74) is 10.6. The molecule has 10 heteroatoms. The number of aromatic nitrogens is 4. The third kappa shape index (κ3) is 5.10. The molecule has 0 spiro atoms. The second-order valence-corrected chi connectivity index (χ2v) is 10.2. The molecular formula is C33H24F2N6O2. The smallest absolute Gasteiger partial charge is 0.260 e. The van der Waals surface area contributed by atoms with E-state index in [1.54, 1.807) is 39.7 Å². The number of nitrogens with zero attached hydrogens (tertiary/aromatic N) is 4. The highest BCUT2D eigenvalue weighted by Gasteiger charge is 2.18. The van der Waals surface area contributed by atoms with Crippen molar-refractivity contribution in [1.29, 1.82) is 0 Å². The molecule has 212 valence electrons. The summed E-state index contributed by atoms with van der Waals surface area (Å²) in [6.07, 6.45) is 1.40. The number of nitrogens with two attached hydrogens (primary N) is 1. The molecule has 1 amide bonds. The molecule has 0 saturated heterocycles. The molecule has 43 heavy (non-hydrogen) atoms. The lowest BCUT2D eigenvalue weighted by atomic mass is 10.1. The monoisotopic (exact) mass is 574 g/mol. The van der Waals surface area contributed by atoms with Gasteiger partial charge < -0.3 is 15.5 Å². The molecule has 0 aliphatic heterocycles. The Labute approximate surface area is 244 Å². The number of amides is 1. The summed E-state index contributed by atoms with van der Waals surface area (Å²) >= 11 is 0. The third-order valence-electron chi connectivity index (χ3n) is 7.31. The molecule has 0 unspecified atom stereocenters. The van der Waals surface area contributed by atoms with E-state index in [4.69, 9.17) is 10.2 Å². The molecule has 3 aromatic heterocycles. The number of nitrogens with one attached hydrogen (secondary N) is 1. The summed E-state index contributed by atoms with van der Waals surface area (Å²) in [6.45, 7) is 0.822. The van der Waals surface area contributed by atoms with Crippen LogP contribution < -0.4 is 11.1 Å². The Kier molecular flexibility index (Phi) is 6.43. The third-order valence-corrected chi connectivity index (χ3v) is 7.31. The van der Waals surface area contributed by atoms with Crippen molar-refractivity contribution in [2.24, 2.45) is 0 Å². The zero-order valence-corrected chi connectivity index (χ0v) is 22.7. The first-order chi connectivity index (χ1) is 20.9. The van der Waals surface area contributed by atoms with Crippen LogP contribution in [-0.2, 0) is 13.1 Å². The second-order valence-electron chi connectivity index (χ2n) is 10.2. The Balaban J connectivity index is 1.14. The molecule has 0 saturated carbocycles. The highest BCUT2D eigenvalue weighted by molar-refractivity contribution is 6.08. The first-order valence-electron chi connectivity index (χ1n) is 13.5. The van der Waals surface area contributed by atoms with Crippen LogP contribution in [0.15, 0.2) is 108 Å². The standard InChI is InChI=1S/C33H24F2N6O2/c34-24-10-5-20(6-11-24)17-40-28-4-2-1-3-27(28)32(39-40)37-33(42)23-16-30(43-19-23)22-9-14-26-29(15-22)41(38-31(26)36)18-21-7-12-25(35)13-8-21/h1-16,19H,17-18H2,(H2,36,38)(H,37,39,42). The molecule has 0 bridgehead atoms. The predicted molar refractivity (Wildman–Crippen MR) is 161 cm³/mol. The van der Waals surface area contributed by atoms with Gasteiger partial charge in [0, 0.05) is 16.3 Å². The van der Waals surface area contributed by atoms with Crippen LogP contribution in [0, 0.1) is 11.6 Å². The van der Waals surface area contributed by atoms with Gasteiger partial charge in [-0.1, -0.05) is 42.5 Å². The van der Waals surface area contributed by atoms with Crippen LogP contribution in [0.25, 0.3) is 33.1 Å². The van der Waals surface area contributed by atoms with Gasteiger partial charge in [0.15, 0.2) is 11.6 Å². The first-order valence-corrected chi connectivity index (χ1v) is 13.5. The topological polar surface area (TPSA) is 104 Å². The van der Waals surface area contributed by atoms with Gasteiger partial charge in [0.05, 0.1) is 29.7 Å². The zero-order valence-electron chi connectivity index (χ0n) is 22.7. The summed E-state index contributed by atoms with van der Waals surface area (Å²) in [7, 11) is 0. The van der Waals surface area contributed by atoms with Gasteiger partial charge in [0.25, 0.3) is 5.91 Å². The molecule has 3 N–H and O–H groups in total. The van der Waals surface area contributed by atoms with E-state index in [0.29, 0.717) is 36.0 Å². The lowest BCUT2D eigenvalue weighted by molar-refractivity contribution is 0.102. The van der Waals surface area contributed by atoms with Crippen LogP contribution in [0.3, 0.4) is 0 Å². The Morgan fingerprint density at radius 2 is 1.42 bits per heavy atom. The summed E-state index contributed by atoms with van der Waals surface area (Å²) < 4.78 is 36.1. The number of hydrogen-bond donors (Lipinski definition) is 2. The Morgan fingerprint density at radius 1 is 0.767 bits per heavy atom. The molecule has 0 fully saturated rings. The van der Waals surface area contributed by atoms with Gasteiger partial charge in [0.2, 0.25) is 0 Å². The number of nitrogen functional groups attached to an aromatic ring is 1. The van der Waals surface area contributed by atoms with Crippen LogP contribution in [0.2, 0.25) is 0 Å². The highest BCUT2D eigenvalue weighted by Crippen LogP contribution is 2.30. The van der Waals surface area contributed by atoms with Gasteiger partial charge in [-0.3, -0.25) is 14.2 Å². The Morgan fingerprint density at radius 3 is 2.12 bits per heavy atom. The van der Waals surface area contributed by atoms with E-state index in [1.807, 2.05) is 42.5 Å². The molecule has 0 aliphatic carbocycles. The SMILES string of the molecule is Nc1nn(Cc2ccc(F)cc2)c2cc(-c3cc(C(=O)Nc4nn(Cc5ccc(F)cc5)c5ccccc45)co3)ccc12. The van der Waals surface area contributed by atoms with Crippen molar-refractivity contribution in [3.8, 4) is 11.3 Å². The summed E-state index contributed by atoms with van der Waals surface area (Å²) in [5, 5.41) is 13.6. The minimum Gasteiger partial charge on any atom is -0.464 e. The van der Waals surface area contributed by atoms with E-state index in [9.17, 15) is 13.6 Å². The van der Waals surface area contributed by atoms with Crippen LogP contribution in [0.1, 0.15) is 21.5 Å². The Bertz CT molecular complexity index is 2110. The fourth-order valence-electron chi connectivity index (χ4n) is 5.13. The number of furan rings is 1. The zero-order chi connectivity index (χ0) is 29.5. The molecule has 3 heterocycles. The van der Waals surface area contributed by atoms with E-state index >= 15 is 0 Å². The highest BCUT2D eigenvalue weighted by atomic mass is 19.1. The fraction of sp³-hybridized carbons (Fsp3) is 0.0606. The molecule has 7 rings (SSSR count). The maximum absolute atomic E-state index is 13.4. The second kappa shape index (κ2) is 10.6. The van der Waals surface area contributed by atoms with E-state index in [2.05, 4.69) is 15.5 Å². The van der Waals surface area contributed by atoms with Gasteiger partial charge in [0.1, 0.15) is 23.7 Å². The number of hydrogen-bond acceptors (Lipinski definition) is 5. The van der Waals surface area contributed by atoms with Crippen molar-refractivity contribution in [3.63, 3.8) is 0 Å². The number of benzene rings is 4. The molecule has 7 aromatic rings. The van der Waals surface area contributed by atoms with Gasteiger partial charge in [-0.05, 0) is 65.7 Å².